The van der Waals surface area contributed by atoms with E-state index in [1.54, 1.807) is 7.11 Å². The van der Waals surface area contributed by atoms with Gasteiger partial charge in [0.05, 0.1) is 12.8 Å². The Bertz CT molecular complexity index is 563. The lowest BCUT2D eigenvalue weighted by molar-refractivity contribution is 0.400. The van der Waals surface area contributed by atoms with Crippen molar-refractivity contribution in [1.29, 1.82) is 0 Å². The Morgan fingerprint density at radius 1 is 1.20 bits per heavy atom. The van der Waals surface area contributed by atoms with Gasteiger partial charge in [0.2, 0.25) is 0 Å². The maximum absolute atomic E-state index is 5.43. The second kappa shape index (κ2) is 6.77. The van der Waals surface area contributed by atoms with Crippen molar-refractivity contribution in [3.63, 3.8) is 0 Å². The van der Waals surface area contributed by atoms with E-state index in [2.05, 4.69) is 55.5 Å². The van der Waals surface area contributed by atoms with Crippen LogP contribution in [0.5, 0.6) is 5.75 Å². The third-order valence-corrected chi connectivity index (χ3v) is 4.01. The fourth-order valence-electron chi connectivity index (χ4n) is 2.12. The largest absolute Gasteiger partial charge is 0.495 e. The van der Waals surface area contributed by atoms with Gasteiger partial charge in [-0.2, -0.15) is 0 Å². The minimum absolute atomic E-state index is 0.834. The van der Waals surface area contributed by atoms with Crippen LogP contribution in [0.4, 0.5) is 5.69 Å². The maximum atomic E-state index is 5.43. The summed E-state index contributed by atoms with van der Waals surface area (Å²) in [7, 11) is 5.86. The highest BCUT2D eigenvalue weighted by molar-refractivity contribution is 7.11. The van der Waals surface area contributed by atoms with Crippen LogP contribution in [0.3, 0.4) is 0 Å². The molecule has 1 aromatic heterocycles. The molecule has 0 amide bonds. The van der Waals surface area contributed by atoms with Crippen molar-refractivity contribution in [2.45, 2.75) is 20.0 Å². The van der Waals surface area contributed by atoms with Gasteiger partial charge in [0, 0.05) is 22.8 Å². The van der Waals surface area contributed by atoms with Crippen LogP contribution in [0, 0.1) is 6.92 Å². The van der Waals surface area contributed by atoms with Gasteiger partial charge < -0.3 is 15.0 Å². The molecule has 20 heavy (non-hydrogen) atoms. The van der Waals surface area contributed by atoms with Crippen molar-refractivity contribution >= 4 is 17.0 Å². The quantitative estimate of drug-likeness (QED) is 0.877. The first-order valence-electron chi connectivity index (χ1n) is 6.69. The molecule has 0 spiro atoms. The summed E-state index contributed by atoms with van der Waals surface area (Å²) in [4.78, 5) is 4.84. The Hall–Kier alpha value is -1.52. The number of methoxy groups -OCH3 is 1. The molecule has 0 saturated carbocycles. The van der Waals surface area contributed by atoms with Gasteiger partial charge in [-0.25, -0.2) is 0 Å². The van der Waals surface area contributed by atoms with Gasteiger partial charge in [-0.3, -0.25) is 0 Å². The zero-order valence-corrected chi connectivity index (χ0v) is 13.4. The molecule has 0 bridgehead atoms. The van der Waals surface area contributed by atoms with E-state index in [1.807, 2.05) is 17.4 Å². The van der Waals surface area contributed by atoms with Crippen LogP contribution in [-0.2, 0) is 13.1 Å². The van der Waals surface area contributed by atoms with Crippen molar-refractivity contribution in [1.82, 2.24) is 4.90 Å². The molecule has 0 fully saturated rings. The molecule has 0 saturated heterocycles. The fraction of sp³-hybridized carbons (Fsp3) is 0.375. The maximum Gasteiger partial charge on any atom is 0.141 e. The number of aryl methyl sites for hydroxylation is 1. The Kier molecular flexibility index (Phi) is 5.04. The Labute approximate surface area is 125 Å². The molecule has 1 heterocycles. The summed E-state index contributed by atoms with van der Waals surface area (Å²) in [6.07, 6.45) is 0. The molecule has 4 heteroatoms. The number of ether oxygens (including phenoxy) is 1. The molecule has 3 nitrogen and oxygen atoms in total. The number of hydrogen-bond donors (Lipinski definition) is 1. The lowest BCUT2D eigenvalue weighted by Crippen LogP contribution is -2.11. The lowest BCUT2D eigenvalue weighted by atomic mass is 10.1. The van der Waals surface area contributed by atoms with Crippen LogP contribution >= 0.6 is 11.3 Å². The van der Waals surface area contributed by atoms with Gasteiger partial charge in [0.15, 0.2) is 0 Å². The average molecular weight is 290 g/mol. The highest BCUT2D eigenvalue weighted by Crippen LogP contribution is 2.27. The SMILES string of the molecule is COc1ccc(CN(C)C)cc1NCc1ccc(C)s1. The summed E-state index contributed by atoms with van der Waals surface area (Å²) in [6.45, 7) is 3.89. The molecule has 0 aliphatic rings. The summed E-state index contributed by atoms with van der Waals surface area (Å²) in [5.41, 5.74) is 2.33. The molecule has 0 radical (unpaired) electrons. The molecule has 1 N–H and O–H groups in total. The first-order chi connectivity index (χ1) is 9.58. The molecule has 1 aromatic carbocycles. The molecular formula is C16H22N2OS. The zero-order chi connectivity index (χ0) is 14.5. The molecule has 0 atom stereocenters. The fourth-order valence-corrected chi connectivity index (χ4v) is 2.95. The van der Waals surface area contributed by atoms with Crippen LogP contribution < -0.4 is 10.1 Å². The molecular weight excluding hydrogens is 268 g/mol. The molecule has 0 aliphatic carbocycles. The minimum atomic E-state index is 0.834. The second-order valence-corrected chi connectivity index (χ2v) is 6.51. The van der Waals surface area contributed by atoms with Crippen molar-refractivity contribution in [2.75, 3.05) is 26.5 Å². The highest BCUT2D eigenvalue weighted by Gasteiger charge is 2.06. The van der Waals surface area contributed by atoms with Crippen molar-refractivity contribution < 1.29 is 4.74 Å². The van der Waals surface area contributed by atoms with Crippen LogP contribution in [0.1, 0.15) is 15.3 Å². The predicted molar refractivity (Wildman–Crippen MR) is 86.8 cm³/mol. The normalized spacial score (nSPS) is 10.8. The number of hydrogen-bond acceptors (Lipinski definition) is 4. The molecule has 0 unspecified atom stereocenters. The van der Waals surface area contributed by atoms with Gasteiger partial charge in [0.25, 0.3) is 0 Å². The number of anilines is 1. The van der Waals surface area contributed by atoms with E-state index in [-0.39, 0.29) is 0 Å². The third kappa shape index (κ3) is 3.99. The van der Waals surface area contributed by atoms with Gasteiger partial charge in [-0.15, -0.1) is 11.3 Å². The van der Waals surface area contributed by atoms with Crippen LogP contribution in [0.15, 0.2) is 30.3 Å². The van der Waals surface area contributed by atoms with Crippen molar-refractivity contribution in [3.05, 3.63) is 45.6 Å². The summed E-state index contributed by atoms with van der Waals surface area (Å²) < 4.78 is 5.43. The van der Waals surface area contributed by atoms with Crippen LogP contribution in [0.25, 0.3) is 0 Å². The summed E-state index contributed by atoms with van der Waals surface area (Å²) >= 11 is 1.82. The smallest absolute Gasteiger partial charge is 0.141 e. The Balaban J connectivity index is 2.11. The van der Waals surface area contributed by atoms with E-state index in [4.69, 9.17) is 4.74 Å². The van der Waals surface area contributed by atoms with E-state index in [0.717, 1.165) is 24.5 Å². The molecule has 0 aliphatic heterocycles. The number of benzene rings is 1. The van der Waals surface area contributed by atoms with Crippen LogP contribution in [0.2, 0.25) is 0 Å². The summed E-state index contributed by atoms with van der Waals surface area (Å²) in [5, 5.41) is 3.47. The van der Waals surface area contributed by atoms with Gasteiger partial charge >= 0.3 is 0 Å². The van der Waals surface area contributed by atoms with E-state index in [1.165, 1.54) is 15.3 Å². The van der Waals surface area contributed by atoms with Crippen LogP contribution in [-0.4, -0.2) is 26.1 Å². The second-order valence-electron chi connectivity index (χ2n) is 5.14. The van der Waals surface area contributed by atoms with E-state index >= 15 is 0 Å². The summed E-state index contributed by atoms with van der Waals surface area (Å²) in [6, 6.07) is 10.6. The molecule has 2 aromatic rings. The minimum Gasteiger partial charge on any atom is -0.495 e. The molecule has 108 valence electrons. The number of thiophene rings is 1. The van der Waals surface area contributed by atoms with Gasteiger partial charge in [0.1, 0.15) is 5.75 Å². The van der Waals surface area contributed by atoms with Gasteiger partial charge in [-0.05, 0) is 50.8 Å². The summed E-state index contributed by atoms with van der Waals surface area (Å²) in [5.74, 6) is 0.890. The highest BCUT2D eigenvalue weighted by atomic mass is 32.1. The number of nitrogens with one attached hydrogen (secondary N) is 1. The predicted octanol–water partition coefficient (Wildman–Crippen LogP) is 3.74. The number of rotatable bonds is 6. The van der Waals surface area contributed by atoms with E-state index in [0.29, 0.717) is 0 Å². The Morgan fingerprint density at radius 3 is 2.60 bits per heavy atom. The topological polar surface area (TPSA) is 24.5 Å². The monoisotopic (exact) mass is 290 g/mol. The first kappa shape index (κ1) is 14.9. The third-order valence-electron chi connectivity index (χ3n) is 3.01. The van der Waals surface area contributed by atoms with Gasteiger partial charge in [-0.1, -0.05) is 6.07 Å². The standard InChI is InChI=1S/C16H22N2OS/c1-12-5-7-14(20-12)10-17-15-9-13(11-18(2)3)6-8-16(15)19-4/h5-9,17H,10-11H2,1-4H3. The van der Waals surface area contributed by atoms with Crippen molar-refractivity contribution in [3.8, 4) is 5.75 Å². The van der Waals surface area contributed by atoms with E-state index < -0.39 is 0 Å². The number of nitrogens with zero attached hydrogens (tertiary/aromatic N) is 1. The average Bonchev–Trinajstić information content (AvgIpc) is 2.82. The molecule has 2 rings (SSSR count). The Morgan fingerprint density at radius 2 is 2.00 bits per heavy atom. The van der Waals surface area contributed by atoms with E-state index in [9.17, 15) is 0 Å². The van der Waals surface area contributed by atoms with Crippen molar-refractivity contribution in [2.24, 2.45) is 0 Å². The first-order valence-corrected chi connectivity index (χ1v) is 7.51. The lowest BCUT2D eigenvalue weighted by Gasteiger charge is -2.14. The zero-order valence-electron chi connectivity index (χ0n) is 12.6.